The van der Waals surface area contributed by atoms with Crippen molar-refractivity contribution in [3.05, 3.63) is 51.0 Å². The predicted octanol–water partition coefficient (Wildman–Crippen LogP) is 5.68. The number of nitrogens with zero attached hydrogens (tertiary/aromatic N) is 1. The monoisotopic (exact) mass is 418 g/mol. The smallest absolute Gasteiger partial charge is 0.341 e. The van der Waals surface area contributed by atoms with E-state index in [-0.39, 0.29) is 12.5 Å². The minimum absolute atomic E-state index is 0.248. The molecular formula is C21H23ClN2O3S. The summed E-state index contributed by atoms with van der Waals surface area (Å²) in [7, 11) is 0. The van der Waals surface area contributed by atoms with Crippen molar-refractivity contribution in [1.82, 2.24) is 4.57 Å². The zero-order valence-corrected chi connectivity index (χ0v) is 18.0. The van der Waals surface area contributed by atoms with Crippen LogP contribution in [0, 0.1) is 6.92 Å². The first-order valence-electron chi connectivity index (χ1n) is 9.30. The first kappa shape index (κ1) is 20.4. The highest BCUT2D eigenvalue weighted by molar-refractivity contribution is 7.16. The molecule has 0 bridgehead atoms. The molecule has 0 unspecified atom stereocenters. The van der Waals surface area contributed by atoms with Crippen molar-refractivity contribution < 1.29 is 14.3 Å². The number of aromatic nitrogens is 1. The van der Waals surface area contributed by atoms with Crippen LogP contribution in [-0.2, 0) is 17.7 Å². The minimum atomic E-state index is -0.423. The molecule has 1 N–H and O–H groups in total. The van der Waals surface area contributed by atoms with E-state index in [4.69, 9.17) is 16.3 Å². The number of hydrogen-bond donors (Lipinski definition) is 1. The van der Waals surface area contributed by atoms with Crippen LogP contribution in [0.2, 0.25) is 5.02 Å². The van der Waals surface area contributed by atoms with Gasteiger partial charge in [-0.3, -0.25) is 4.79 Å². The molecule has 0 spiro atoms. The standard InChI is InChI=1S/C21H23ClN2O3S/c1-5-14-11-16(21(26)27-7-3)20(28-14)23-19(25)18-12(4)15-10-13(22)8-9-17(15)24(18)6-2/h8-11H,5-7H2,1-4H3,(H,23,25). The molecule has 28 heavy (non-hydrogen) atoms. The van der Waals surface area contributed by atoms with Crippen LogP contribution in [0.3, 0.4) is 0 Å². The summed E-state index contributed by atoms with van der Waals surface area (Å²) in [4.78, 5) is 26.5. The molecule has 3 rings (SSSR count). The number of anilines is 1. The first-order valence-corrected chi connectivity index (χ1v) is 10.5. The number of fused-ring (bicyclic) bond motifs is 1. The summed E-state index contributed by atoms with van der Waals surface area (Å²) >= 11 is 7.55. The van der Waals surface area contributed by atoms with Crippen LogP contribution in [0.15, 0.2) is 24.3 Å². The van der Waals surface area contributed by atoms with E-state index in [2.05, 4.69) is 5.32 Å². The topological polar surface area (TPSA) is 60.3 Å². The lowest BCUT2D eigenvalue weighted by Gasteiger charge is -2.10. The summed E-state index contributed by atoms with van der Waals surface area (Å²) in [6.07, 6.45) is 0.777. The molecular weight excluding hydrogens is 396 g/mol. The summed E-state index contributed by atoms with van der Waals surface area (Å²) in [6, 6.07) is 7.41. The van der Waals surface area contributed by atoms with E-state index in [0.717, 1.165) is 27.8 Å². The Morgan fingerprint density at radius 3 is 2.61 bits per heavy atom. The molecule has 0 saturated carbocycles. The Bertz CT molecular complexity index is 1050. The highest BCUT2D eigenvalue weighted by Gasteiger charge is 2.23. The Balaban J connectivity index is 2.04. The van der Waals surface area contributed by atoms with Crippen LogP contribution >= 0.6 is 22.9 Å². The molecule has 148 valence electrons. The van der Waals surface area contributed by atoms with E-state index in [0.29, 0.717) is 27.8 Å². The second kappa shape index (κ2) is 8.37. The molecule has 5 nitrogen and oxygen atoms in total. The average molecular weight is 419 g/mol. The number of carbonyl (C=O) groups is 2. The quantitative estimate of drug-likeness (QED) is 0.524. The van der Waals surface area contributed by atoms with E-state index in [9.17, 15) is 9.59 Å². The average Bonchev–Trinajstić information content (AvgIpc) is 3.20. The zero-order chi connectivity index (χ0) is 20.4. The van der Waals surface area contributed by atoms with Crippen molar-refractivity contribution in [2.24, 2.45) is 0 Å². The van der Waals surface area contributed by atoms with Crippen molar-refractivity contribution in [2.45, 2.75) is 40.7 Å². The maximum atomic E-state index is 13.2. The molecule has 7 heteroatoms. The number of benzene rings is 1. The fourth-order valence-electron chi connectivity index (χ4n) is 3.35. The van der Waals surface area contributed by atoms with Gasteiger partial charge in [-0.25, -0.2) is 4.79 Å². The van der Waals surface area contributed by atoms with E-state index in [1.54, 1.807) is 13.0 Å². The number of hydrogen-bond acceptors (Lipinski definition) is 4. The summed E-state index contributed by atoms with van der Waals surface area (Å²) < 4.78 is 7.11. The maximum Gasteiger partial charge on any atom is 0.341 e. The van der Waals surface area contributed by atoms with Crippen LogP contribution in [0.1, 0.15) is 52.1 Å². The largest absolute Gasteiger partial charge is 0.462 e. The Hall–Kier alpha value is -2.31. The highest BCUT2D eigenvalue weighted by Crippen LogP contribution is 2.32. The Morgan fingerprint density at radius 2 is 1.96 bits per heavy atom. The van der Waals surface area contributed by atoms with Gasteiger partial charge in [0, 0.05) is 27.3 Å². The van der Waals surface area contributed by atoms with Crippen LogP contribution in [0.5, 0.6) is 0 Å². The number of thiophene rings is 1. The molecule has 0 atom stereocenters. The third kappa shape index (κ3) is 3.66. The summed E-state index contributed by atoms with van der Waals surface area (Å²) in [5, 5.41) is 5.04. The van der Waals surface area contributed by atoms with Gasteiger partial charge < -0.3 is 14.6 Å². The fourth-order valence-corrected chi connectivity index (χ4v) is 4.50. The molecule has 0 radical (unpaired) electrons. The van der Waals surface area contributed by atoms with Crippen molar-refractivity contribution in [1.29, 1.82) is 0 Å². The Labute approximate surface area is 173 Å². The maximum absolute atomic E-state index is 13.2. The number of rotatable bonds is 6. The van der Waals surface area contributed by atoms with Gasteiger partial charge in [-0.15, -0.1) is 11.3 Å². The van der Waals surface area contributed by atoms with Gasteiger partial charge in [-0.2, -0.15) is 0 Å². The number of aryl methyl sites for hydroxylation is 3. The first-order chi connectivity index (χ1) is 13.4. The van der Waals surface area contributed by atoms with Crippen LogP contribution in [0.4, 0.5) is 5.00 Å². The lowest BCUT2D eigenvalue weighted by molar-refractivity contribution is 0.0528. The van der Waals surface area contributed by atoms with E-state index < -0.39 is 5.97 Å². The SMILES string of the molecule is CCOC(=O)c1cc(CC)sc1NC(=O)c1c(C)c2cc(Cl)ccc2n1CC. The molecule has 0 fully saturated rings. The number of ether oxygens (including phenoxy) is 1. The lowest BCUT2D eigenvalue weighted by Crippen LogP contribution is -2.19. The van der Waals surface area contributed by atoms with Crippen molar-refractivity contribution in [3.8, 4) is 0 Å². The third-order valence-corrected chi connectivity index (χ3v) is 6.09. The normalized spacial score (nSPS) is 11.0. The second-order valence-electron chi connectivity index (χ2n) is 6.36. The molecule has 0 aliphatic carbocycles. The van der Waals surface area contributed by atoms with Crippen LogP contribution in [0.25, 0.3) is 10.9 Å². The fraction of sp³-hybridized carbons (Fsp3) is 0.333. The molecule has 3 aromatic rings. The van der Waals surface area contributed by atoms with Gasteiger partial charge in [0.15, 0.2) is 0 Å². The highest BCUT2D eigenvalue weighted by atomic mass is 35.5. The zero-order valence-electron chi connectivity index (χ0n) is 16.4. The van der Waals surface area contributed by atoms with Gasteiger partial charge in [0.05, 0.1) is 12.2 Å². The number of carbonyl (C=O) groups excluding carboxylic acids is 2. The van der Waals surface area contributed by atoms with Gasteiger partial charge in [-0.05, 0) is 57.0 Å². The van der Waals surface area contributed by atoms with Gasteiger partial charge in [0.1, 0.15) is 10.7 Å². The van der Waals surface area contributed by atoms with Crippen LogP contribution < -0.4 is 5.32 Å². The van der Waals surface area contributed by atoms with Crippen molar-refractivity contribution in [2.75, 3.05) is 11.9 Å². The summed E-state index contributed by atoms with van der Waals surface area (Å²) in [6.45, 7) is 8.61. The minimum Gasteiger partial charge on any atom is -0.462 e. The number of nitrogens with one attached hydrogen (secondary N) is 1. The Kier molecular flexibility index (Phi) is 6.10. The second-order valence-corrected chi connectivity index (χ2v) is 7.94. The van der Waals surface area contributed by atoms with Gasteiger partial charge in [0.25, 0.3) is 5.91 Å². The molecule has 0 saturated heterocycles. The van der Waals surface area contributed by atoms with Gasteiger partial charge in [-0.1, -0.05) is 18.5 Å². The van der Waals surface area contributed by atoms with Crippen molar-refractivity contribution >= 4 is 50.7 Å². The molecule has 1 aromatic carbocycles. The lowest BCUT2D eigenvalue weighted by atomic mass is 10.1. The van der Waals surface area contributed by atoms with E-state index in [1.807, 2.05) is 43.5 Å². The predicted molar refractivity (Wildman–Crippen MR) is 115 cm³/mol. The summed E-state index contributed by atoms with van der Waals surface area (Å²) in [5.74, 6) is -0.671. The van der Waals surface area contributed by atoms with E-state index in [1.165, 1.54) is 11.3 Å². The van der Waals surface area contributed by atoms with Gasteiger partial charge in [0.2, 0.25) is 0 Å². The molecule has 1 amide bonds. The number of amides is 1. The molecule has 2 aromatic heterocycles. The van der Waals surface area contributed by atoms with Crippen LogP contribution in [-0.4, -0.2) is 23.1 Å². The number of halogens is 1. The molecule has 0 aliphatic rings. The number of esters is 1. The molecule has 2 heterocycles. The molecule has 0 aliphatic heterocycles. The third-order valence-electron chi connectivity index (χ3n) is 4.66. The van der Waals surface area contributed by atoms with E-state index >= 15 is 0 Å². The van der Waals surface area contributed by atoms with Gasteiger partial charge >= 0.3 is 5.97 Å². The Morgan fingerprint density at radius 1 is 1.21 bits per heavy atom. The summed E-state index contributed by atoms with van der Waals surface area (Å²) in [5.41, 5.74) is 2.79. The van der Waals surface area contributed by atoms with Crippen molar-refractivity contribution in [3.63, 3.8) is 0 Å².